The van der Waals surface area contributed by atoms with Gasteiger partial charge in [-0.3, -0.25) is 4.79 Å². The van der Waals surface area contributed by atoms with Gasteiger partial charge in [0.2, 0.25) is 11.5 Å². The lowest BCUT2D eigenvalue weighted by Crippen LogP contribution is -2.57. The predicted octanol–water partition coefficient (Wildman–Crippen LogP) is 2.97. The van der Waals surface area contributed by atoms with Crippen molar-refractivity contribution in [3.8, 4) is 17.2 Å². The van der Waals surface area contributed by atoms with Gasteiger partial charge in [-0.25, -0.2) is 0 Å². The summed E-state index contributed by atoms with van der Waals surface area (Å²) in [5.74, 6) is -0.861. The van der Waals surface area contributed by atoms with Gasteiger partial charge >= 0.3 is 0 Å². The number of benzene rings is 1. The van der Waals surface area contributed by atoms with Gasteiger partial charge in [0.1, 0.15) is 5.60 Å². The number of rotatable bonds is 7. The molecule has 1 aromatic carbocycles. The Morgan fingerprint density at radius 3 is 2.31 bits per heavy atom. The summed E-state index contributed by atoms with van der Waals surface area (Å²) in [6.45, 7) is 5.63. The highest BCUT2D eigenvalue weighted by Gasteiger charge is 2.66. The maximum absolute atomic E-state index is 12.6. The largest absolute Gasteiger partial charge is 0.493 e. The number of methoxy groups -OCH3 is 4. The predicted molar refractivity (Wildman–Crippen MR) is 106 cm³/mol. The number of fused-ring (bicyclic) bond motifs is 1. The summed E-state index contributed by atoms with van der Waals surface area (Å²) in [6.07, 6.45) is 3.01. The number of hydrogen-bond acceptors (Lipinski definition) is 7. The third kappa shape index (κ3) is 3.13. The molecule has 0 bridgehead atoms. The van der Waals surface area contributed by atoms with Crippen molar-refractivity contribution < 1.29 is 33.6 Å². The molecule has 4 atom stereocenters. The van der Waals surface area contributed by atoms with Gasteiger partial charge in [0.05, 0.1) is 33.9 Å². The molecule has 1 aliphatic heterocycles. The fourth-order valence-electron chi connectivity index (χ4n) is 4.43. The normalized spacial score (nSPS) is 31.1. The van der Waals surface area contributed by atoms with Crippen LogP contribution >= 0.6 is 0 Å². The van der Waals surface area contributed by atoms with Crippen molar-refractivity contribution in [3.05, 3.63) is 42.0 Å². The summed E-state index contributed by atoms with van der Waals surface area (Å²) in [5.41, 5.74) is 0.106. The molecule has 0 amide bonds. The van der Waals surface area contributed by atoms with E-state index < -0.39 is 17.5 Å². The zero-order valence-corrected chi connectivity index (χ0v) is 17.5. The monoisotopic (exact) mass is 404 g/mol. The molecule has 0 unspecified atom stereocenters. The van der Waals surface area contributed by atoms with Crippen molar-refractivity contribution in [2.45, 2.75) is 37.3 Å². The van der Waals surface area contributed by atoms with Gasteiger partial charge in [-0.15, -0.1) is 6.58 Å². The molecule has 0 spiro atoms. The second-order valence-corrected chi connectivity index (χ2v) is 7.33. The van der Waals surface area contributed by atoms with Crippen molar-refractivity contribution in [2.24, 2.45) is 5.92 Å². The van der Waals surface area contributed by atoms with Crippen LogP contribution in [0.15, 0.2) is 36.4 Å². The van der Waals surface area contributed by atoms with Crippen molar-refractivity contribution in [1.29, 1.82) is 0 Å². The smallest absolute Gasteiger partial charge is 0.207 e. The first-order valence-electron chi connectivity index (χ1n) is 9.41. The molecule has 1 N–H and O–H groups in total. The highest BCUT2D eigenvalue weighted by Crippen LogP contribution is 2.57. The maximum atomic E-state index is 12.6. The van der Waals surface area contributed by atoms with E-state index >= 15 is 0 Å². The van der Waals surface area contributed by atoms with Crippen LogP contribution in [0.3, 0.4) is 0 Å². The molecule has 7 nitrogen and oxygen atoms in total. The average Bonchev–Trinajstić information content (AvgIpc) is 2.94. The van der Waals surface area contributed by atoms with Crippen molar-refractivity contribution in [1.82, 2.24) is 0 Å². The zero-order chi connectivity index (χ0) is 21.4. The molecule has 1 aromatic rings. The topological polar surface area (TPSA) is 83.5 Å². The minimum absolute atomic E-state index is 0.183. The summed E-state index contributed by atoms with van der Waals surface area (Å²) in [6, 6.07) is 3.56. The lowest BCUT2D eigenvalue weighted by molar-refractivity contribution is -0.260. The van der Waals surface area contributed by atoms with Gasteiger partial charge in [-0.2, -0.15) is 0 Å². The molecular formula is C22H28O7. The van der Waals surface area contributed by atoms with Crippen molar-refractivity contribution in [2.75, 3.05) is 28.4 Å². The lowest BCUT2D eigenvalue weighted by atomic mass is 9.72. The Kier molecular flexibility index (Phi) is 5.76. The Hall–Kier alpha value is -2.35. The van der Waals surface area contributed by atoms with E-state index in [-0.39, 0.29) is 18.1 Å². The van der Waals surface area contributed by atoms with Crippen LogP contribution in [0.2, 0.25) is 0 Å². The first-order chi connectivity index (χ1) is 13.8. The van der Waals surface area contributed by atoms with Gasteiger partial charge in [-0.05, 0) is 35.8 Å². The first-order valence-corrected chi connectivity index (χ1v) is 9.41. The van der Waals surface area contributed by atoms with Crippen LogP contribution in [0.25, 0.3) is 0 Å². The molecule has 0 saturated carbocycles. The lowest BCUT2D eigenvalue weighted by Gasteiger charge is -2.42. The standard InChI is InChI=1S/C22H28O7/c1-7-8-14-11-21(28-6)13(2)19(29-22(21,24)12-16(14)23)15-9-17(25-3)20(27-5)18(10-15)26-4/h7,9-11,13,19,24H,1,8,12H2,2-6H3/t13-,19+,21+,22-/m1/s1. The van der Waals surface area contributed by atoms with E-state index in [9.17, 15) is 9.90 Å². The van der Waals surface area contributed by atoms with Crippen molar-refractivity contribution >= 4 is 5.78 Å². The van der Waals surface area contributed by atoms with Crippen LogP contribution in [-0.2, 0) is 14.3 Å². The number of Topliss-reactive ketones (excluding diaryl/α,β-unsaturated/α-hetero) is 1. The number of carbonyl (C=O) groups excluding carboxylic acids is 1. The second kappa shape index (κ2) is 7.82. The third-order valence-electron chi connectivity index (χ3n) is 5.93. The summed E-state index contributed by atoms with van der Waals surface area (Å²) in [4.78, 5) is 12.6. The SMILES string of the molecule is C=CCC1=C[C@]2(OC)[C@H](C)[C@@H](c3cc(OC)c(OC)c(OC)c3)O[C@]2(O)CC1=O. The number of hydrogen-bond donors (Lipinski definition) is 1. The number of ketones is 1. The van der Waals surface area contributed by atoms with E-state index in [1.54, 1.807) is 24.3 Å². The van der Waals surface area contributed by atoms with Crippen LogP contribution in [0.5, 0.6) is 17.2 Å². The molecule has 1 saturated heterocycles. The molecule has 2 aliphatic rings. The first kappa shape index (κ1) is 21.4. The Morgan fingerprint density at radius 1 is 1.21 bits per heavy atom. The molecule has 1 fully saturated rings. The summed E-state index contributed by atoms with van der Waals surface area (Å²) in [5, 5.41) is 11.3. The number of aliphatic hydroxyl groups is 1. The molecule has 1 aliphatic carbocycles. The van der Waals surface area contributed by atoms with Crippen LogP contribution in [0.1, 0.15) is 31.4 Å². The van der Waals surface area contributed by atoms with Gasteiger partial charge in [-0.1, -0.05) is 13.0 Å². The fourth-order valence-corrected chi connectivity index (χ4v) is 4.43. The molecule has 0 aromatic heterocycles. The van der Waals surface area contributed by atoms with Crippen molar-refractivity contribution in [3.63, 3.8) is 0 Å². The van der Waals surface area contributed by atoms with Crippen LogP contribution in [0, 0.1) is 5.92 Å². The van der Waals surface area contributed by atoms with Crippen LogP contribution < -0.4 is 14.2 Å². The number of ether oxygens (including phenoxy) is 5. The highest BCUT2D eigenvalue weighted by molar-refractivity contribution is 5.97. The van der Waals surface area contributed by atoms with E-state index in [1.807, 2.05) is 6.92 Å². The van der Waals surface area contributed by atoms with Gasteiger partial charge in [0.25, 0.3) is 0 Å². The Labute approximate surface area is 170 Å². The number of carbonyl (C=O) groups is 1. The molecule has 158 valence electrons. The van der Waals surface area contributed by atoms with Gasteiger partial charge < -0.3 is 28.8 Å². The molecular weight excluding hydrogens is 376 g/mol. The molecule has 3 rings (SSSR count). The van der Waals surface area contributed by atoms with E-state index in [2.05, 4.69) is 6.58 Å². The van der Waals surface area contributed by atoms with E-state index in [1.165, 1.54) is 28.4 Å². The second-order valence-electron chi connectivity index (χ2n) is 7.33. The van der Waals surface area contributed by atoms with Crippen LogP contribution in [0.4, 0.5) is 0 Å². The highest BCUT2D eigenvalue weighted by atomic mass is 16.7. The van der Waals surface area contributed by atoms with E-state index in [4.69, 9.17) is 23.7 Å². The van der Waals surface area contributed by atoms with E-state index in [0.29, 0.717) is 29.2 Å². The fraction of sp³-hybridized carbons (Fsp3) is 0.500. The zero-order valence-electron chi connectivity index (χ0n) is 17.5. The molecule has 0 radical (unpaired) electrons. The Bertz CT molecular complexity index is 821. The third-order valence-corrected chi connectivity index (χ3v) is 5.93. The average molecular weight is 404 g/mol. The quantitative estimate of drug-likeness (QED) is 0.700. The minimum atomic E-state index is -1.78. The summed E-state index contributed by atoms with van der Waals surface area (Å²) < 4.78 is 28.2. The van der Waals surface area contributed by atoms with Gasteiger partial charge in [0, 0.05) is 13.0 Å². The summed E-state index contributed by atoms with van der Waals surface area (Å²) >= 11 is 0. The van der Waals surface area contributed by atoms with Gasteiger partial charge in [0.15, 0.2) is 17.3 Å². The van der Waals surface area contributed by atoms with Crippen LogP contribution in [-0.4, -0.2) is 50.7 Å². The molecule has 1 heterocycles. The maximum Gasteiger partial charge on any atom is 0.207 e. The molecule has 29 heavy (non-hydrogen) atoms. The Balaban J connectivity index is 2.12. The summed E-state index contributed by atoms with van der Waals surface area (Å²) in [7, 11) is 6.11. The Morgan fingerprint density at radius 2 is 1.83 bits per heavy atom. The molecule has 7 heteroatoms. The minimum Gasteiger partial charge on any atom is -0.493 e. The number of allylic oxidation sites excluding steroid dienone is 2. The van der Waals surface area contributed by atoms with E-state index in [0.717, 1.165) is 5.56 Å².